The Morgan fingerprint density at radius 1 is 1.04 bits per heavy atom. The predicted molar refractivity (Wildman–Crippen MR) is 88.7 cm³/mol. The van der Waals surface area contributed by atoms with E-state index in [2.05, 4.69) is 0 Å². The summed E-state index contributed by atoms with van der Waals surface area (Å²) < 4.78 is 15.8. The lowest BCUT2D eigenvalue weighted by molar-refractivity contribution is -0.115. The van der Waals surface area contributed by atoms with Crippen LogP contribution in [0.4, 0.5) is 0 Å². The van der Waals surface area contributed by atoms with E-state index >= 15 is 0 Å². The van der Waals surface area contributed by atoms with E-state index in [9.17, 15) is 14.4 Å². The molecule has 0 N–H and O–H groups in total. The molecule has 2 aliphatic rings. The van der Waals surface area contributed by atoms with E-state index in [4.69, 9.17) is 14.2 Å². The van der Waals surface area contributed by atoms with E-state index in [0.717, 1.165) is 0 Å². The van der Waals surface area contributed by atoms with E-state index in [0.29, 0.717) is 22.6 Å². The number of carbonyl (C=O) groups excluding carboxylic acids is 3. The Kier molecular flexibility index (Phi) is 4.27. The van der Waals surface area contributed by atoms with E-state index in [1.807, 2.05) is 0 Å². The van der Waals surface area contributed by atoms with Gasteiger partial charge in [-0.2, -0.15) is 0 Å². The molecule has 0 bridgehead atoms. The maximum atomic E-state index is 12.5. The second-order valence-electron chi connectivity index (χ2n) is 5.50. The minimum atomic E-state index is -0.983. The van der Waals surface area contributed by atoms with Crippen LogP contribution in [0.15, 0.2) is 47.6 Å². The van der Waals surface area contributed by atoms with E-state index in [1.54, 1.807) is 25.1 Å². The number of methoxy groups -OCH3 is 2. The summed E-state index contributed by atoms with van der Waals surface area (Å²) in [5.74, 6) is -0.499. The van der Waals surface area contributed by atoms with E-state index in [1.165, 1.54) is 32.4 Å². The Morgan fingerprint density at radius 2 is 1.80 bits per heavy atom. The molecule has 0 amide bonds. The van der Waals surface area contributed by atoms with Crippen LogP contribution in [0, 0.1) is 0 Å². The summed E-state index contributed by atoms with van der Waals surface area (Å²) in [5.41, 5.74) is 1.07. The van der Waals surface area contributed by atoms with Gasteiger partial charge >= 0.3 is 5.97 Å². The molecule has 0 radical (unpaired) electrons. The molecule has 0 fully saturated rings. The van der Waals surface area contributed by atoms with Crippen molar-refractivity contribution in [1.82, 2.24) is 0 Å². The van der Waals surface area contributed by atoms with Crippen LogP contribution in [0.1, 0.15) is 28.9 Å². The Morgan fingerprint density at radius 3 is 2.44 bits per heavy atom. The van der Waals surface area contributed by atoms with Gasteiger partial charge in [0.1, 0.15) is 11.5 Å². The van der Waals surface area contributed by atoms with Crippen molar-refractivity contribution >= 4 is 17.5 Å². The highest BCUT2D eigenvalue weighted by Crippen LogP contribution is 2.44. The monoisotopic (exact) mass is 340 g/mol. The number of ether oxygens (including phenoxy) is 3. The molecule has 6 heteroatoms. The lowest BCUT2D eigenvalue weighted by Gasteiger charge is -2.18. The third-order valence-corrected chi connectivity index (χ3v) is 4.05. The Hall–Kier alpha value is -3.15. The van der Waals surface area contributed by atoms with Crippen molar-refractivity contribution < 1.29 is 28.6 Å². The van der Waals surface area contributed by atoms with Crippen molar-refractivity contribution in [3.63, 3.8) is 0 Å². The molecule has 1 aliphatic carbocycles. The van der Waals surface area contributed by atoms with Crippen LogP contribution in [0.3, 0.4) is 0 Å². The zero-order valence-electron chi connectivity index (χ0n) is 14.0. The smallest absolute Gasteiger partial charge is 0.339 e. The molecule has 0 spiro atoms. The molecule has 0 aromatic heterocycles. The predicted octanol–water partition coefficient (Wildman–Crippen LogP) is 2.50. The third kappa shape index (κ3) is 2.76. The molecule has 1 unspecified atom stereocenters. The number of benzene rings is 1. The topological polar surface area (TPSA) is 78.9 Å². The highest BCUT2D eigenvalue weighted by Gasteiger charge is 2.40. The van der Waals surface area contributed by atoms with Crippen molar-refractivity contribution in [2.75, 3.05) is 14.2 Å². The summed E-state index contributed by atoms with van der Waals surface area (Å²) in [5, 5.41) is 0. The fourth-order valence-corrected chi connectivity index (χ4v) is 2.88. The molecule has 6 nitrogen and oxygen atoms in total. The summed E-state index contributed by atoms with van der Waals surface area (Å²) >= 11 is 0. The van der Waals surface area contributed by atoms with Crippen LogP contribution in [0.2, 0.25) is 0 Å². The van der Waals surface area contributed by atoms with Gasteiger partial charge in [-0.15, -0.1) is 0 Å². The van der Waals surface area contributed by atoms with Crippen molar-refractivity contribution in [2.24, 2.45) is 0 Å². The number of esters is 1. The molecule has 1 aromatic rings. The summed E-state index contributed by atoms with van der Waals surface area (Å²) in [6.07, 6.45) is 4.72. The second kappa shape index (κ2) is 6.39. The molecule has 1 atom stereocenters. The standard InChI is InChI=1S/C19H16O6/c1-4-5-10-6-15(21)12(9-14(10)20)18-17-13(19(22)25-18)7-11(23-2)8-16(17)24-3/h4-9,18H,1-3H3. The zero-order valence-corrected chi connectivity index (χ0v) is 14.0. The van der Waals surface area contributed by atoms with Crippen molar-refractivity contribution in [1.29, 1.82) is 0 Å². The second-order valence-corrected chi connectivity index (χ2v) is 5.50. The number of carbonyl (C=O) groups is 3. The maximum absolute atomic E-state index is 12.5. The quantitative estimate of drug-likeness (QED) is 0.619. The number of allylic oxidation sites excluding steroid dienone is 5. The lowest BCUT2D eigenvalue weighted by Crippen LogP contribution is -2.18. The van der Waals surface area contributed by atoms with Crippen molar-refractivity contribution in [3.05, 3.63) is 58.7 Å². The van der Waals surface area contributed by atoms with Gasteiger partial charge in [-0.1, -0.05) is 12.2 Å². The van der Waals surface area contributed by atoms with Gasteiger partial charge < -0.3 is 14.2 Å². The molecule has 1 heterocycles. The summed E-state index contributed by atoms with van der Waals surface area (Å²) in [6, 6.07) is 3.13. The van der Waals surface area contributed by atoms with Gasteiger partial charge in [0.15, 0.2) is 17.7 Å². The number of ketones is 2. The number of hydrogen-bond acceptors (Lipinski definition) is 6. The van der Waals surface area contributed by atoms with Crippen molar-refractivity contribution in [2.45, 2.75) is 13.0 Å². The first-order valence-electron chi connectivity index (χ1n) is 7.61. The van der Waals surface area contributed by atoms with Crippen LogP contribution in [0.5, 0.6) is 11.5 Å². The number of rotatable bonds is 4. The van der Waals surface area contributed by atoms with Gasteiger partial charge in [0.25, 0.3) is 0 Å². The summed E-state index contributed by atoms with van der Waals surface area (Å²) in [6.45, 7) is 1.76. The first-order chi connectivity index (χ1) is 12.0. The first-order valence-corrected chi connectivity index (χ1v) is 7.61. The number of hydrogen-bond donors (Lipinski definition) is 0. The van der Waals surface area contributed by atoms with Crippen LogP contribution >= 0.6 is 0 Å². The minimum Gasteiger partial charge on any atom is -0.497 e. The maximum Gasteiger partial charge on any atom is 0.339 e. The molecule has 3 rings (SSSR count). The van der Waals surface area contributed by atoms with Gasteiger partial charge in [-0.3, -0.25) is 9.59 Å². The van der Waals surface area contributed by atoms with Gasteiger partial charge in [-0.25, -0.2) is 4.79 Å². The van der Waals surface area contributed by atoms with Crippen LogP contribution in [0.25, 0.3) is 0 Å². The highest BCUT2D eigenvalue weighted by atomic mass is 16.6. The molecule has 1 aliphatic heterocycles. The van der Waals surface area contributed by atoms with Crippen LogP contribution < -0.4 is 9.47 Å². The Bertz CT molecular complexity index is 872. The summed E-state index contributed by atoms with van der Waals surface area (Å²) in [7, 11) is 2.92. The SMILES string of the molecule is CC=CC1=CC(=O)C(C2OC(=O)c3cc(OC)cc(OC)c32)=CC1=O. The van der Waals surface area contributed by atoms with Crippen molar-refractivity contribution in [3.8, 4) is 11.5 Å². The van der Waals surface area contributed by atoms with Gasteiger partial charge in [0.2, 0.25) is 0 Å². The van der Waals surface area contributed by atoms with E-state index < -0.39 is 12.1 Å². The number of fused-ring (bicyclic) bond motifs is 1. The Labute approximate surface area is 144 Å². The first kappa shape index (κ1) is 16.7. The average Bonchev–Trinajstić information content (AvgIpc) is 2.94. The normalized spacial score (nSPS) is 19.5. The van der Waals surface area contributed by atoms with E-state index in [-0.39, 0.29) is 22.7 Å². The Balaban J connectivity index is 2.09. The zero-order chi connectivity index (χ0) is 18.1. The number of cyclic esters (lactones) is 1. The molecular weight excluding hydrogens is 324 g/mol. The van der Waals surface area contributed by atoms with Crippen LogP contribution in [-0.4, -0.2) is 31.8 Å². The largest absolute Gasteiger partial charge is 0.497 e. The van der Waals surface area contributed by atoms with Crippen LogP contribution in [-0.2, 0) is 14.3 Å². The van der Waals surface area contributed by atoms with Gasteiger partial charge in [-0.05, 0) is 25.1 Å². The highest BCUT2D eigenvalue weighted by molar-refractivity contribution is 6.22. The molecule has 25 heavy (non-hydrogen) atoms. The summed E-state index contributed by atoms with van der Waals surface area (Å²) in [4.78, 5) is 36.9. The van der Waals surface area contributed by atoms with Gasteiger partial charge in [0.05, 0.1) is 25.3 Å². The van der Waals surface area contributed by atoms with Gasteiger partial charge in [0, 0.05) is 17.2 Å². The average molecular weight is 340 g/mol. The molecule has 1 aromatic carbocycles. The minimum absolute atomic E-state index is 0.105. The third-order valence-electron chi connectivity index (χ3n) is 4.05. The molecular formula is C19H16O6. The molecule has 0 saturated heterocycles. The molecule has 128 valence electrons. The fourth-order valence-electron chi connectivity index (χ4n) is 2.88. The fraction of sp³-hybridized carbons (Fsp3) is 0.211. The lowest BCUT2D eigenvalue weighted by atomic mass is 9.89. The molecule has 0 saturated carbocycles.